The van der Waals surface area contributed by atoms with Gasteiger partial charge in [-0.25, -0.2) is 8.42 Å². The van der Waals surface area contributed by atoms with Gasteiger partial charge in [-0.1, -0.05) is 12.1 Å². The Morgan fingerprint density at radius 1 is 1.12 bits per heavy atom. The maximum Gasteiger partial charge on any atom is 0.220 e. The highest BCUT2D eigenvalue weighted by Gasteiger charge is 2.33. The van der Waals surface area contributed by atoms with Gasteiger partial charge in [0.2, 0.25) is 15.3 Å². The molecule has 2 heterocycles. The van der Waals surface area contributed by atoms with Gasteiger partial charge in [-0.3, -0.25) is 0 Å². The summed E-state index contributed by atoms with van der Waals surface area (Å²) in [7, 11) is -2.14. The molecular formula is C19H18N2O4S. The minimum atomic E-state index is -3.70. The molecule has 1 atom stereocenters. The molecule has 0 radical (unpaired) electrons. The number of benzene rings is 2. The summed E-state index contributed by atoms with van der Waals surface area (Å²) in [6.45, 7) is 0.184. The van der Waals surface area contributed by atoms with Crippen LogP contribution in [0.2, 0.25) is 0 Å². The summed E-state index contributed by atoms with van der Waals surface area (Å²) in [5, 5.41) is 3.12. The lowest BCUT2D eigenvalue weighted by molar-refractivity contribution is 0.276. The van der Waals surface area contributed by atoms with E-state index in [1.807, 2.05) is 30.3 Å². The summed E-state index contributed by atoms with van der Waals surface area (Å²) < 4.78 is 37.3. The maximum atomic E-state index is 13.1. The average Bonchev–Trinajstić information content (AvgIpc) is 3.21. The van der Waals surface area contributed by atoms with Crippen LogP contribution >= 0.6 is 0 Å². The maximum absolute atomic E-state index is 13.1. The molecule has 0 amide bonds. The van der Waals surface area contributed by atoms with Gasteiger partial charge in [0.15, 0.2) is 0 Å². The molecule has 4 rings (SSSR count). The van der Waals surface area contributed by atoms with Crippen molar-refractivity contribution in [2.45, 2.75) is 10.3 Å². The molecule has 0 bridgehead atoms. The number of hydrogen-bond acceptors (Lipinski definition) is 5. The van der Waals surface area contributed by atoms with Gasteiger partial charge in [0, 0.05) is 17.5 Å². The summed E-state index contributed by atoms with van der Waals surface area (Å²) in [4.78, 5) is 3.27. The van der Waals surface area contributed by atoms with Crippen molar-refractivity contribution in [3.8, 4) is 22.8 Å². The fourth-order valence-corrected chi connectivity index (χ4v) is 4.37. The number of anilines is 1. The van der Waals surface area contributed by atoms with Gasteiger partial charge >= 0.3 is 0 Å². The standard InChI is InChI=1S/C19H18N2O4S/c1-24-17-9-8-13(11-14(17)15-6-4-10-20-15)26(22,23)19-12-21-16-5-2-3-7-18(16)25-19/h2-11,19-21H,12H2,1H3. The molecule has 134 valence electrons. The molecule has 0 saturated carbocycles. The summed E-state index contributed by atoms with van der Waals surface area (Å²) in [5.74, 6) is 1.13. The Morgan fingerprint density at radius 2 is 1.96 bits per heavy atom. The van der Waals surface area contributed by atoms with Gasteiger partial charge in [-0.15, -0.1) is 0 Å². The van der Waals surface area contributed by atoms with E-state index in [0.717, 1.165) is 11.4 Å². The van der Waals surface area contributed by atoms with E-state index in [0.29, 0.717) is 17.1 Å². The van der Waals surface area contributed by atoms with E-state index in [-0.39, 0.29) is 11.4 Å². The molecule has 0 saturated heterocycles. The number of fused-ring (bicyclic) bond motifs is 1. The summed E-state index contributed by atoms with van der Waals surface area (Å²) in [5.41, 5.74) is 1.26. The molecule has 26 heavy (non-hydrogen) atoms. The zero-order valence-corrected chi connectivity index (χ0v) is 14.9. The largest absolute Gasteiger partial charge is 0.496 e. The minimum absolute atomic E-state index is 0.184. The Morgan fingerprint density at radius 3 is 2.73 bits per heavy atom. The second kappa shape index (κ2) is 6.42. The molecule has 2 N–H and O–H groups in total. The molecule has 0 aliphatic carbocycles. The smallest absolute Gasteiger partial charge is 0.220 e. The van der Waals surface area contributed by atoms with E-state index in [9.17, 15) is 8.42 Å². The topological polar surface area (TPSA) is 80.4 Å². The van der Waals surface area contributed by atoms with Crippen LogP contribution in [0.5, 0.6) is 11.5 Å². The van der Waals surface area contributed by atoms with Crippen molar-refractivity contribution in [2.24, 2.45) is 0 Å². The molecule has 3 aromatic rings. The third-order valence-corrected chi connectivity index (χ3v) is 6.20. The van der Waals surface area contributed by atoms with Gasteiger partial charge in [-0.05, 0) is 42.5 Å². The lowest BCUT2D eigenvalue weighted by Gasteiger charge is -2.27. The van der Waals surface area contributed by atoms with Crippen molar-refractivity contribution in [1.29, 1.82) is 0 Å². The fourth-order valence-electron chi connectivity index (χ4n) is 2.99. The highest BCUT2D eigenvalue weighted by molar-refractivity contribution is 7.92. The Labute approximate surface area is 151 Å². The fraction of sp³-hybridized carbons (Fsp3) is 0.158. The van der Waals surface area contributed by atoms with E-state index < -0.39 is 15.3 Å². The number of sulfone groups is 1. The molecule has 1 aliphatic rings. The first-order valence-corrected chi connectivity index (χ1v) is 9.69. The van der Waals surface area contributed by atoms with Crippen LogP contribution in [0.15, 0.2) is 65.7 Å². The first-order chi connectivity index (χ1) is 12.6. The number of methoxy groups -OCH3 is 1. The van der Waals surface area contributed by atoms with Gasteiger partial charge in [-0.2, -0.15) is 0 Å². The zero-order valence-electron chi connectivity index (χ0n) is 14.1. The third-order valence-electron chi connectivity index (χ3n) is 4.34. The lowest BCUT2D eigenvalue weighted by Crippen LogP contribution is -2.37. The van der Waals surface area contributed by atoms with E-state index in [1.54, 1.807) is 37.6 Å². The lowest BCUT2D eigenvalue weighted by atomic mass is 10.1. The first-order valence-electron chi connectivity index (χ1n) is 8.15. The van der Waals surface area contributed by atoms with Crippen LogP contribution in [-0.4, -0.2) is 32.5 Å². The van der Waals surface area contributed by atoms with Crippen LogP contribution in [0.3, 0.4) is 0 Å². The third kappa shape index (κ3) is 2.80. The number of rotatable bonds is 4. The quantitative estimate of drug-likeness (QED) is 0.737. The number of ether oxygens (including phenoxy) is 2. The molecule has 6 nitrogen and oxygen atoms in total. The molecule has 7 heteroatoms. The predicted octanol–water partition coefficient (Wildman–Crippen LogP) is 3.29. The Kier molecular flexibility index (Phi) is 4.08. The Hall–Kier alpha value is -2.93. The van der Waals surface area contributed by atoms with E-state index in [4.69, 9.17) is 9.47 Å². The molecule has 2 aromatic carbocycles. The monoisotopic (exact) mass is 370 g/mol. The molecule has 1 unspecified atom stereocenters. The van der Waals surface area contributed by atoms with Gasteiger partial charge in [0.05, 0.1) is 24.2 Å². The van der Waals surface area contributed by atoms with E-state index >= 15 is 0 Å². The zero-order chi connectivity index (χ0) is 18.1. The number of nitrogens with one attached hydrogen (secondary N) is 2. The highest BCUT2D eigenvalue weighted by atomic mass is 32.2. The van der Waals surface area contributed by atoms with Gasteiger partial charge in [0.1, 0.15) is 11.5 Å². The molecule has 1 aliphatic heterocycles. The molecule has 0 spiro atoms. The summed E-state index contributed by atoms with van der Waals surface area (Å²) in [6, 6.07) is 15.8. The number of hydrogen-bond donors (Lipinski definition) is 2. The van der Waals surface area contributed by atoms with Crippen LogP contribution < -0.4 is 14.8 Å². The molecule has 1 aromatic heterocycles. The van der Waals surface area contributed by atoms with Gasteiger partial charge < -0.3 is 19.8 Å². The number of aromatic nitrogens is 1. The number of para-hydroxylation sites is 2. The van der Waals surface area contributed by atoms with E-state index in [2.05, 4.69) is 10.3 Å². The van der Waals surface area contributed by atoms with Crippen LogP contribution in [0.1, 0.15) is 0 Å². The van der Waals surface area contributed by atoms with Crippen LogP contribution in [0.4, 0.5) is 5.69 Å². The predicted molar refractivity (Wildman–Crippen MR) is 99.3 cm³/mol. The van der Waals surface area contributed by atoms with E-state index in [1.165, 1.54) is 0 Å². The van der Waals surface area contributed by atoms with Crippen molar-refractivity contribution >= 4 is 15.5 Å². The summed E-state index contributed by atoms with van der Waals surface area (Å²) >= 11 is 0. The van der Waals surface area contributed by atoms with Crippen molar-refractivity contribution in [1.82, 2.24) is 4.98 Å². The SMILES string of the molecule is COc1ccc(S(=O)(=O)C2CNc3ccccc3O2)cc1-c1ccc[nH]1. The van der Waals surface area contributed by atoms with Crippen LogP contribution in [-0.2, 0) is 9.84 Å². The highest BCUT2D eigenvalue weighted by Crippen LogP contribution is 2.35. The number of H-pyrrole nitrogens is 1. The van der Waals surface area contributed by atoms with Crippen molar-refractivity contribution in [2.75, 3.05) is 19.0 Å². The van der Waals surface area contributed by atoms with Crippen molar-refractivity contribution in [3.05, 3.63) is 60.8 Å². The normalized spacial score (nSPS) is 16.3. The van der Waals surface area contributed by atoms with Crippen LogP contribution in [0, 0.1) is 0 Å². The molecule has 0 fully saturated rings. The Bertz CT molecular complexity index is 1030. The molecular weight excluding hydrogens is 352 g/mol. The van der Waals surface area contributed by atoms with Crippen molar-refractivity contribution in [3.63, 3.8) is 0 Å². The first kappa shape index (κ1) is 16.5. The van der Waals surface area contributed by atoms with Crippen LogP contribution in [0.25, 0.3) is 11.3 Å². The second-order valence-electron chi connectivity index (χ2n) is 5.92. The average molecular weight is 370 g/mol. The van der Waals surface area contributed by atoms with Gasteiger partial charge in [0.25, 0.3) is 0 Å². The second-order valence-corrected chi connectivity index (χ2v) is 8.00. The summed E-state index contributed by atoms with van der Waals surface area (Å²) in [6.07, 6.45) is 1.78. The minimum Gasteiger partial charge on any atom is -0.496 e. The number of aromatic amines is 1. The van der Waals surface area contributed by atoms with Crippen molar-refractivity contribution < 1.29 is 17.9 Å². The Balaban J connectivity index is 1.72.